The Morgan fingerprint density at radius 3 is 2.80 bits per heavy atom. The van der Waals surface area contributed by atoms with E-state index in [1.165, 1.54) is 29.9 Å². The van der Waals surface area contributed by atoms with Crippen LogP contribution in [-0.4, -0.2) is 36.8 Å². The number of nitriles is 1. The Bertz CT molecular complexity index is 1170. The number of aryl methyl sites for hydroxylation is 1. The molecule has 0 aliphatic carbocycles. The van der Waals surface area contributed by atoms with Gasteiger partial charge in [-0.05, 0) is 37.5 Å². The van der Waals surface area contributed by atoms with Crippen LogP contribution >= 0.6 is 0 Å². The second kappa shape index (κ2) is 9.35. The summed E-state index contributed by atoms with van der Waals surface area (Å²) >= 11 is 0. The maximum Gasteiger partial charge on any atom is 0.283 e. The minimum atomic E-state index is -4.09. The molecule has 1 amide bonds. The summed E-state index contributed by atoms with van der Waals surface area (Å²) in [5.41, 5.74) is 0.144. The summed E-state index contributed by atoms with van der Waals surface area (Å²) in [4.78, 5) is 12.7. The van der Waals surface area contributed by atoms with Crippen molar-refractivity contribution in [3.8, 4) is 18.4 Å². The molecule has 0 bridgehead atoms. The highest BCUT2D eigenvalue weighted by Crippen LogP contribution is 2.27. The van der Waals surface area contributed by atoms with Gasteiger partial charge in [0, 0.05) is 31.2 Å². The lowest BCUT2D eigenvalue weighted by atomic mass is 10.1. The van der Waals surface area contributed by atoms with E-state index < -0.39 is 27.9 Å². The summed E-state index contributed by atoms with van der Waals surface area (Å²) in [6.07, 6.45) is 6.03. The quantitative estimate of drug-likeness (QED) is 0.490. The van der Waals surface area contributed by atoms with Gasteiger partial charge in [0.05, 0.1) is 5.56 Å². The van der Waals surface area contributed by atoms with Gasteiger partial charge in [-0.3, -0.25) is 4.79 Å². The van der Waals surface area contributed by atoms with Crippen LogP contribution in [0.3, 0.4) is 0 Å². The molecular formula is C20H19FN4O4S. The maximum atomic E-state index is 13.5. The standard InChI is InChI=1S/C20H19FN4O4S/c1-4-15(26)6-5-7-16-18(30(28,29)23-2)12-25(3)19(16)20(27)24-14-8-9-17(21)13(10-14)11-22/h1,8-10,12,15,26H,2,5-7H2,3H3,(H,24,27)/t15-/m1/s1. The smallest absolute Gasteiger partial charge is 0.283 e. The molecule has 0 saturated heterocycles. The van der Waals surface area contributed by atoms with Crippen molar-refractivity contribution in [3.63, 3.8) is 0 Å². The molecule has 2 aromatic rings. The lowest BCUT2D eigenvalue weighted by Crippen LogP contribution is -2.18. The van der Waals surface area contributed by atoms with Gasteiger partial charge in [-0.25, -0.2) is 4.39 Å². The number of aliphatic hydroxyl groups is 1. The first-order valence-corrected chi connectivity index (χ1v) is 10.1. The molecule has 30 heavy (non-hydrogen) atoms. The summed E-state index contributed by atoms with van der Waals surface area (Å²) in [6.45, 7) is 3.07. The zero-order chi connectivity index (χ0) is 22.5. The third-order valence-corrected chi connectivity index (χ3v) is 5.60. The van der Waals surface area contributed by atoms with Crippen molar-refractivity contribution in [1.29, 1.82) is 5.26 Å². The summed E-state index contributed by atoms with van der Waals surface area (Å²) in [7, 11) is -2.60. The van der Waals surface area contributed by atoms with Crippen molar-refractivity contribution in [2.75, 3.05) is 5.32 Å². The molecule has 8 nitrogen and oxygen atoms in total. The van der Waals surface area contributed by atoms with Crippen molar-refractivity contribution >= 4 is 28.3 Å². The first-order valence-electron chi connectivity index (χ1n) is 8.71. The highest BCUT2D eigenvalue weighted by molar-refractivity contribution is 7.90. The van der Waals surface area contributed by atoms with E-state index in [1.54, 1.807) is 6.07 Å². The van der Waals surface area contributed by atoms with Crippen LogP contribution < -0.4 is 5.32 Å². The Morgan fingerprint density at radius 2 is 2.20 bits per heavy atom. The Labute approximate surface area is 173 Å². The number of halogens is 1. The lowest BCUT2D eigenvalue weighted by molar-refractivity contribution is 0.101. The Kier molecular flexibility index (Phi) is 7.11. The number of carbonyl (C=O) groups excluding carboxylic acids is 1. The van der Waals surface area contributed by atoms with Crippen LogP contribution in [0.15, 0.2) is 33.7 Å². The summed E-state index contributed by atoms with van der Waals surface area (Å²) in [6, 6.07) is 5.17. The fraction of sp³-hybridized carbons (Fsp3) is 0.250. The molecule has 2 rings (SSSR count). The van der Waals surface area contributed by atoms with E-state index in [-0.39, 0.29) is 40.2 Å². The molecule has 1 aromatic heterocycles. The number of anilines is 1. The van der Waals surface area contributed by atoms with Gasteiger partial charge in [-0.2, -0.15) is 18.1 Å². The molecule has 0 fully saturated rings. The van der Waals surface area contributed by atoms with Crippen LogP contribution in [0, 0.1) is 29.5 Å². The van der Waals surface area contributed by atoms with Crippen molar-refractivity contribution in [2.45, 2.75) is 30.3 Å². The molecule has 2 N–H and O–H groups in total. The number of rotatable bonds is 8. The molecule has 10 heteroatoms. The van der Waals surface area contributed by atoms with E-state index in [4.69, 9.17) is 11.7 Å². The summed E-state index contributed by atoms with van der Waals surface area (Å²) < 4.78 is 42.6. The Morgan fingerprint density at radius 1 is 1.50 bits per heavy atom. The molecule has 0 unspecified atom stereocenters. The van der Waals surface area contributed by atoms with E-state index in [2.05, 4.69) is 22.4 Å². The Hall–Kier alpha value is -3.47. The van der Waals surface area contributed by atoms with E-state index >= 15 is 0 Å². The number of sulfonamides is 1. The van der Waals surface area contributed by atoms with Crippen LogP contribution in [0.5, 0.6) is 0 Å². The van der Waals surface area contributed by atoms with E-state index in [1.807, 2.05) is 0 Å². The van der Waals surface area contributed by atoms with Crippen molar-refractivity contribution in [1.82, 2.24) is 4.57 Å². The predicted molar refractivity (Wildman–Crippen MR) is 109 cm³/mol. The number of nitrogens with one attached hydrogen (secondary N) is 1. The molecule has 0 radical (unpaired) electrons. The second-order valence-electron chi connectivity index (χ2n) is 6.37. The Balaban J connectivity index is 2.45. The largest absolute Gasteiger partial charge is 0.380 e. The average molecular weight is 430 g/mol. The molecule has 0 saturated carbocycles. The fourth-order valence-corrected chi connectivity index (χ4v) is 3.85. The number of carbonyl (C=O) groups is 1. The van der Waals surface area contributed by atoms with Gasteiger partial charge in [0.15, 0.2) is 0 Å². The van der Waals surface area contributed by atoms with Crippen LogP contribution in [0.2, 0.25) is 0 Å². The number of terminal acetylenes is 1. The number of aromatic nitrogens is 1. The van der Waals surface area contributed by atoms with Gasteiger partial charge in [0.2, 0.25) is 0 Å². The van der Waals surface area contributed by atoms with Gasteiger partial charge < -0.3 is 15.0 Å². The van der Waals surface area contributed by atoms with E-state index in [9.17, 15) is 22.7 Å². The molecule has 1 aromatic carbocycles. The third kappa shape index (κ3) is 4.92. The number of nitrogens with zero attached hydrogens (tertiary/aromatic N) is 3. The van der Waals surface area contributed by atoms with Crippen molar-refractivity contribution in [3.05, 3.63) is 47.0 Å². The predicted octanol–water partition coefficient (Wildman–Crippen LogP) is 1.99. The van der Waals surface area contributed by atoms with Crippen molar-refractivity contribution in [2.24, 2.45) is 11.4 Å². The van der Waals surface area contributed by atoms with Gasteiger partial charge in [0.25, 0.3) is 15.9 Å². The normalized spacial score (nSPS) is 11.9. The number of benzene rings is 1. The summed E-state index contributed by atoms with van der Waals surface area (Å²) in [5.74, 6) is 0.775. The minimum absolute atomic E-state index is 0.0373. The zero-order valence-corrected chi connectivity index (χ0v) is 16.9. The molecule has 1 heterocycles. The van der Waals surface area contributed by atoms with Crippen LogP contribution in [0.4, 0.5) is 10.1 Å². The minimum Gasteiger partial charge on any atom is -0.380 e. The van der Waals surface area contributed by atoms with Gasteiger partial charge in [0.1, 0.15) is 28.6 Å². The molecule has 0 aliphatic heterocycles. The zero-order valence-electron chi connectivity index (χ0n) is 16.1. The third-order valence-electron chi connectivity index (χ3n) is 4.35. The lowest BCUT2D eigenvalue weighted by Gasteiger charge is -2.11. The van der Waals surface area contributed by atoms with E-state index in [0.29, 0.717) is 6.42 Å². The fourth-order valence-electron chi connectivity index (χ4n) is 2.91. The molecular weight excluding hydrogens is 411 g/mol. The van der Waals surface area contributed by atoms with Crippen LogP contribution in [0.1, 0.15) is 34.5 Å². The average Bonchev–Trinajstić information content (AvgIpc) is 3.06. The highest BCUT2D eigenvalue weighted by atomic mass is 32.2. The van der Waals surface area contributed by atoms with Crippen LogP contribution in [-0.2, 0) is 23.5 Å². The maximum absolute atomic E-state index is 13.5. The summed E-state index contributed by atoms with van der Waals surface area (Å²) in [5, 5.41) is 21.0. The van der Waals surface area contributed by atoms with Gasteiger partial charge in [-0.1, -0.05) is 5.92 Å². The number of hydrogen-bond acceptors (Lipinski definition) is 5. The SMILES string of the molecule is C#C[C@@H](O)CCCc1c(S(=O)(=O)N=C)cn(C)c1C(=O)Nc1ccc(F)c(C#N)c1. The molecule has 1 atom stereocenters. The van der Waals surface area contributed by atoms with Crippen molar-refractivity contribution < 1.29 is 22.7 Å². The molecule has 0 spiro atoms. The molecule has 0 aliphatic rings. The van der Waals surface area contributed by atoms with Gasteiger partial charge >= 0.3 is 0 Å². The first-order chi connectivity index (χ1) is 14.1. The number of hydrogen-bond donors (Lipinski definition) is 2. The number of aliphatic hydroxyl groups excluding tert-OH is 1. The second-order valence-corrected chi connectivity index (χ2v) is 8.02. The van der Waals surface area contributed by atoms with Crippen LogP contribution in [0.25, 0.3) is 0 Å². The van der Waals surface area contributed by atoms with E-state index in [0.717, 1.165) is 6.07 Å². The first kappa shape index (κ1) is 22.8. The van der Waals surface area contributed by atoms with Gasteiger partial charge in [-0.15, -0.1) is 6.42 Å². The highest BCUT2D eigenvalue weighted by Gasteiger charge is 2.27. The topological polar surface area (TPSA) is 125 Å². The number of amides is 1. The monoisotopic (exact) mass is 430 g/mol. The molecule has 156 valence electrons.